The first-order valence-electron chi connectivity index (χ1n) is 9.69. The van der Waals surface area contributed by atoms with Gasteiger partial charge in [0.15, 0.2) is 0 Å². The number of aliphatic hydroxyl groups excluding tert-OH is 1. The van der Waals surface area contributed by atoms with E-state index in [4.69, 9.17) is 4.74 Å². The number of rotatable bonds is 4. The van der Waals surface area contributed by atoms with E-state index in [9.17, 15) is 19.1 Å². The maximum Gasteiger partial charge on any atom is 0.300 e. The maximum absolute atomic E-state index is 13.7. The third-order valence-electron chi connectivity index (χ3n) is 5.34. The summed E-state index contributed by atoms with van der Waals surface area (Å²) >= 11 is 0. The number of amides is 1. The highest BCUT2D eigenvalue weighted by Gasteiger charge is 2.47. The first-order chi connectivity index (χ1) is 14.9. The maximum atomic E-state index is 13.7. The monoisotopic (exact) mass is 417 g/mol. The zero-order chi connectivity index (χ0) is 22.1. The summed E-state index contributed by atoms with van der Waals surface area (Å²) in [6, 6.07) is 19.0. The third-order valence-corrected chi connectivity index (χ3v) is 5.34. The van der Waals surface area contributed by atoms with E-state index in [1.165, 1.54) is 30.2 Å². The van der Waals surface area contributed by atoms with Crippen LogP contribution in [0.5, 0.6) is 5.75 Å². The molecule has 0 saturated carbocycles. The van der Waals surface area contributed by atoms with Crippen LogP contribution in [0.1, 0.15) is 22.7 Å². The van der Waals surface area contributed by atoms with Gasteiger partial charge in [-0.05, 0) is 48.4 Å². The van der Waals surface area contributed by atoms with Crippen molar-refractivity contribution in [2.45, 2.75) is 13.0 Å². The van der Waals surface area contributed by atoms with E-state index in [1.807, 2.05) is 6.07 Å². The number of aryl methyl sites for hydroxylation is 1. The van der Waals surface area contributed by atoms with Crippen molar-refractivity contribution in [1.82, 2.24) is 0 Å². The first-order valence-corrected chi connectivity index (χ1v) is 9.69. The molecule has 31 heavy (non-hydrogen) atoms. The topological polar surface area (TPSA) is 66.8 Å². The lowest BCUT2D eigenvalue weighted by Gasteiger charge is -2.26. The van der Waals surface area contributed by atoms with Crippen molar-refractivity contribution in [2.24, 2.45) is 0 Å². The second-order valence-corrected chi connectivity index (χ2v) is 7.22. The molecule has 0 aliphatic carbocycles. The van der Waals surface area contributed by atoms with Crippen LogP contribution in [0.4, 0.5) is 10.1 Å². The van der Waals surface area contributed by atoms with Crippen molar-refractivity contribution >= 4 is 23.1 Å². The number of ether oxygens (including phenoxy) is 1. The van der Waals surface area contributed by atoms with Gasteiger partial charge in [-0.1, -0.05) is 42.5 Å². The molecule has 1 aliphatic heterocycles. The number of nitrogens with zero attached hydrogens (tertiary/aromatic N) is 1. The molecular weight excluding hydrogens is 397 g/mol. The van der Waals surface area contributed by atoms with E-state index in [1.54, 1.807) is 55.5 Å². The zero-order valence-electron chi connectivity index (χ0n) is 17.0. The standard InChI is InChI=1S/C25H20FNO4/c1-15-14-17(12-13-18(15)26)23(28)21-22(16-8-4-3-5-9-16)27(25(30)24(21)29)19-10-6-7-11-20(19)31-2/h3-14,22,28H,1-2H3/b23-21-. The van der Waals surface area contributed by atoms with Crippen molar-refractivity contribution in [3.8, 4) is 5.75 Å². The molecule has 1 aliphatic rings. The van der Waals surface area contributed by atoms with Crippen LogP contribution in [0.2, 0.25) is 0 Å². The third kappa shape index (κ3) is 3.46. The second kappa shape index (κ2) is 8.07. The van der Waals surface area contributed by atoms with Gasteiger partial charge in [-0.15, -0.1) is 0 Å². The van der Waals surface area contributed by atoms with Gasteiger partial charge in [0.25, 0.3) is 11.7 Å². The Hall–Kier alpha value is -3.93. The smallest absolute Gasteiger partial charge is 0.300 e. The Labute approximate surface area is 179 Å². The zero-order valence-corrected chi connectivity index (χ0v) is 17.0. The Morgan fingerprint density at radius 3 is 2.35 bits per heavy atom. The first kappa shape index (κ1) is 20.3. The molecule has 156 valence electrons. The van der Waals surface area contributed by atoms with E-state index in [0.29, 0.717) is 22.6 Å². The molecule has 0 spiro atoms. The van der Waals surface area contributed by atoms with Crippen LogP contribution in [0.3, 0.4) is 0 Å². The number of methoxy groups -OCH3 is 1. The number of ketones is 1. The highest BCUT2D eigenvalue weighted by molar-refractivity contribution is 6.51. The number of anilines is 1. The lowest BCUT2D eigenvalue weighted by molar-refractivity contribution is -0.132. The average molecular weight is 417 g/mol. The average Bonchev–Trinajstić information content (AvgIpc) is 3.06. The predicted octanol–water partition coefficient (Wildman–Crippen LogP) is 4.77. The molecule has 0 radical (unpaired) electrons. The van der Waals surface area contributed by atoms with Crippen LogP contribution in [0.15, 0.2) is 78.4 Å². The van der Waals surface area contributed by atoms with Crippen molar-refractivity contribution < 1.29 is 23.8 Å². The number of hydrogen-bond acceptors (Lipinski definition) is 4. The molecule has 0 aromatic heterocycles. The van der Waals surface area contributed by atoms with E-state index in [-0.39, 0.29) is 16.9 Å². The van der Waals surface area contributed by atoms with Crippen LogP contribution in [-0.4, -0.2) is 23.9 Å². The number of para-hydroxylation sites is 2. The largest absolute Gasteiger partial charge is 0.507 e. The number of carbonyl (C=O) groups is 2. The summed E-state index contributed by atoms with van der Waals surface area (Å²) in [6.07, 6.45) is 0. The molecule has 1 N–H and O–H groups in total. The van der Waals surface area contributed by atoms with Gasteiger partial charge in [-0.3, -0.25) is 14.5 Å². The fourth-order valence-corrected chi connectivity index (χ4v) is 3.81. The van der Waals surface area contributed by atoms with E-state index >= 15 is 0 Å². The lowest BCUT2D eigenvalue weighted by atomic mass is 9.94. The van der Waals surface area contributed by atoms with Crippen LogP contribution in [0, 0.1) is 12.7 Å². The van der Waals surface area contributed by atoms with Crippen molar-refractivity contribution in [2.75, 3.05) is 12.0 Å². The van der Waals surface area contributed by atoms with E-state index in [2.05, 4.69) is 0 Å². The molecule has 5 nitrogen and oxygen atoms in total. The van der Waals surface area contributed by atoms with Crippen molar-refractivity contribution in [3.63, 3.8) is 0 Å². The molecule has 4 rings (SSSR count). The van der Waals surface area contributed by atoms with Crippen LogP contribution in [0.25, 0.3) is 5.76 Å². The Morgan fingerprint density at radius 2 is 1.68 bits per heavy atom. The molecule has 0 bridgehead atoms. The van der Waals surface area contributed by atoms with Gasteiger partial charge < -0.3 is 9.84 Å². The number of aliphatic hydroxyl groups is 1. The Balaban J connectivity index is 1.97. The Kier molecular flexibility index (Phi) is 5.29. The molecule has 3 aromatic rings. The van der Waals surface area contributed by atoms with Gasteiger partial charge in [0, 0.05) is 5.56 Å². The molecule has 1 heterocycles. The quantitative estimate of drug-likeness (QED) is 0.377. The van der Waals surface area contributed by atoms with Gasteiger partial charge >= 0.3 is 0 Å². The van der Waals surface area contributed by atoms with Gasteiger partial charge in [0.1, 0.15) is 17.3 Å². The van der Waals surface area contributed by atoms with Gasteiger partial charge in [-0.2, -0.15) is 0 Å². The minimum absolute atomic E-state index is 0.0619. The van der Waals surface area contributed by atoms with Gasteiger partial charge in [0.2, 0.25) is 0 Å². The van der Waals surface area contributed by atoms with Gasteiger partial charge in [0.05, 0.1) is 24.4 Å². The summed E-state index contributed by atoms with van der Waals surface area (Å²) in [4.78, 5) is 27.6. The van der Waals surface area contributed by atoms with Crippen LogP contribution < -0.4 is 9.64 Å². The van der Waals surface area contributed by atoms with Crippen LogP contribution >= 0.6 is 0 Å². The van der Waals surface area contributed by atoms with Crippen molar-refractivity contribution in [3.05, 3.63) is 101 Å². The Morgan fingerprint density at radius 1 is 1.00 bits per heavy atom. The second-order valence-electron chi connectivity index (χ2n) is 7.22. The summed E-state index contributed by atoms with van der Waals surface area (Å²) in [5.74, 6) is -1.96. The molecule has 1 saturated heterocycles. The van der Waals surface area contributed by atoms with Gasteiger partial charge in [-0.25, -0.2) is 4.39 Å². The minimum atomic E-state index is -0.872. The van der Waals surface area contributed by atoms with Crippen LogP contribution in [-0.2, 0) is 9.59 Å². The van der Waals surface area contributed by atoms with E-state index < -0.39 is 23.5 Å². The number of carbonyl (C=O) groups excluding carboxylic acids is 2. The molecule has 1 amide bonds. The molecule has 1 atom stereocenters. The SMILES string of the molecule is COc1ccccc1N1C(=O)C(=O)/C(=C(\O)c2ccc(F)c(C)c2)C1c1ccccc1. The predicted molar refractivity (Wildman–Crippen MR) is 115 cm³/mol. The summed E-state index contributed by atoms with van der Waals surface area (Å²) in [7, 11) is 1.48. The number of Topliss-reactive ketones (excluding diaryl/α,β-unsaturated/α-hetero) is 1. The number of halogens is 1. The molecule has 3 aromatic carbocycles. The van der Waals surface area contributed by atoms with Crippen molar-refractivity contribution in [1.29, 1.82) is 0 Å². The Bertz CT molecular complexity index is 1200. The molecular formula is C25H20FNO4. The number of benzene rings is 3. The molecule has 6 heteroatoms. The lowest BCUT2D eigenvalue weighted by Crippen LogP contribution is -2.29. The summed E-state index contributed by atoms with van der Waals surface area (Å²) in [5, 5.41) is 11.1. The number of hydrogen-bond donors (Lipinski definition) is 1. The summed E-state index contributed by atoms with van der Waals surface area (Å²) < 4.78 is 19.2. The highest BCUT2D eigenvalue weighted by Crippen LogP contribution is 2.44. The minimum Gasteiger partial charge on any atom is -0.507 e. The molecule has 1 unspecified atom stereocenters. The highest BCUT2D eigenvalue weighted by atomic mass is 19.1. The fraction of sp³-hybridized carbons (Fsp3) is 0.120. The summed E-state index contributed by atoms with van der Waals surface area (Å²) in [5.41, 5.74) is 1.58. The normalized spacial score (nSPS) is 17.8. The van der Waals surface area contributed by atoms with E-state index in [0.717, 1.165) is 0 Å². The molecule has 1 fully saturated rings. The summed E-state index contributed by atoms with van der Waals surface area (Å²) in [6.45, 7) is 1.56. The fourth-order valence-electron chi connectivity index (χ4n) is 3.81.